The van der Waals surface area contributed by atoms with Crippen LogP contribution in [0.5, 0.6) is 5.75 Å². The number of benzene rings is 2. The lowest BCUT2D eigenvalue weighted by Gasteiger charge is -2.10. The summed E-state index contributed by atoms with van der Waals surface area (Å²) in [6.07, 6.45) is -4.47. The molecule has 7 heteroatoms. The van der Waals surface area contributed by atoms with Crippen LogP contribution in [0, 0.1) is 0 Å². The van der Waals surface area contributed by atoms with Crippen molar-refractivity contribution in [1.82, 2.24) is 5.48 Å². The lowest BCUT2D eigenvalue weighted by atomic mass is 10.1. The SMILES string of the molecule is COc1cccc(N=C(NO)c2cccc(C(F)(F)F)c2)c1. The first-order chi connectivity index (χ1) is 10.4. The number of rotatable bonds is 3. The smallest absolute Gasteiger partial charge is 0.416 e. The van der Waals surface area contributed by atoms with Crippen molar-refractivity contribution in [1.29, 1.82) is 0 Å². The molecule has 0 aliphatic carbocycles. The van der Waals surface area contributed by atoms with Crippen molar-refractivity contribution in [2.45, 2.75) is 6.18 Å². The van der Waals surface area contributed by atoms with Gasteiger partial charge in [-0.15, -0.1) is 0 Å². The number of alkyl halides is 3. The lowest BCUT2D eigenvalue weighted by molar-refractivity contribution is -0.137. The van der Waals surface area contributed by atoms with E-state index in [1.165, 1.54) is 19.2 Å². The third-order valence-electron chi connectivity index (χ3n) is 2.86. The number of nitrogens with one attached hydrogen (secondary N) is 1. The second-order valence-corrected chi connectivity index (χ2v) is 4.35. The zero-order valence-corrected chi connectivity index (χ0v) is 11.6. The van der Waals surface area contributed by atoms with Crippen molar-refractivity contribution < 1.29 is 23.1 Å². The van der Waals surface area contributed by atoms with Gasteiger partial charge in [0.25, 0.3) is 0 Å². The molecule has 0 bridgehead atoms. The summed E-state index contributed by atoms with van der Waals surface area (Å²) in [6, 6.07) is 11.1. The van der Waals surface area contributed by atoms with Gasteiger partial charge in [0.2, 0.25) is 0 Å². The summed E-state index contributed by atoms with van der Waals surface area (Å²) in [5, 5.41) is 9.17. The molecule has 2 N–H and O–H groups in total. The van der Waals surface area contributed by atoms with Crippen molar-refractivity contribution >= 4 is 11.5 Å². The molecule has 0 unspecified atom stereocenters. The van der Waals surface area contributed by atoms with Gasteiger partial charge in [-0.3, -0.25) is 10.7 Å². The molecule has 0 fully saturated rings. The van der Waals surface area contributed by atoms with Crippen molar-refractivity contribution in [3.05, 3.63) is 59.7 Å². The molecule has 0 spiro atoms. The number of hydrogen-bond acceptors (Lipinski definition) is 3. The number of hydrogen-bond donors (Lipinski definition) is 2. The number of methoxy groups -OCH3 is 1. The van der Waals surface area contributed by atoms with Gasteiger partial charge in [-0.05, 0) is 24.3 Å². The first-order valence-electron chi connectivity index (χ1n) is 6.24. The topological polar surface area (TPSA) is 53.8 Å². The zero-order valence-electron chi connectivity index (χ0n) is 11.6. The average Bonchev–Trinajstić information content (AvgIpc) is 2.52. The fourth-order valence-corrected chi connectivity index (χ4v) is 1.81. The van der Waals surface area contributed by atoms with E-state index in [4.69, 9.17) is 9.94 Å². The van der Waals surface area contributed by atoms with E-state index < -0.39 is 11.7 Å². The first kappa shape index (κ1) is 15.8. The minimum atomic E-state index is -4.47. The van der Waals surface area contributed by atoms with Crippen molar-refractivity contribution in [2.24, 2.45) is 4.99 Å². The molecular formula is C15H13F3N2O2. The Balaban J connectivity index is 2.41. The molecule has 2 rings (SSSR count). The molecule has 0 saturated heterocycles. The lowest BCUT2D eigenvalue weighted by Crippen LogP contribution is -2.20. The highest BCUT2D eigenvalue weighted by Gasteiger charge is 2.30. The molecule has 4 nitrogen and oxygen atoms in total. The van der Waals surface area contributed by atoms with E-state index in [9.17, 15) is 13.2 Å². The van der Waals surface area contributed by atoms with Gasteiger partial charge in [-0.1, -0.05) is 18.2 Å². The first-order valence-corrected chi connectivity index (χ1v) is 6.24. The second kappa shape index (κ2) is 6.48. The van der Waals surface area contributed by atoms with E-state index in [2.05, 4.69) is 4.99 Å². The molecule has 2 aromatic rings. The minimum Gasteiger partial charge on any atom is -0.497 e. The molecule has 0 aliphatic rings. The summed E-state index contributed by atoms with van der Waals surface area (Å²) in [6.45, 7) is 0. The summed E-state index contributed by atoms with van der Waals surface area (Å²) < 4.78 is 43.2. The third kappa shape index (κ3) is 3.76. The maximum atomic E-state index is 12.7. The van der Waals surface area contributed by atoms with Gasteiger partial charge in [-0.25, -0.2) is 4.99 Å². The highest BCUT2D eigenvalue weighted by atomic mass is 19.4. The van der Waals surface area contributed by atoms with Gasteiger partial charge < -0.3 is 4.74 Å². The molecule has 0 aliphatic heterocycles. The summed E-state index contributed by atoms with van der Waals surface area (Å²) in [4.78, 5) is 4.09. The van der Waals surface area contributed by atoms with Crippen molar-refractivity contribution in [2.75, 3.05) is 7.11 Å². The van der Waals surface area contributed by atoms with Gasteiger partial charge in [0.15, 0.2) is 5.84 Å². The number of hydroxylamine groups is 1. The number of amidine groups is 1. The van der Waals surface area contributed by atoms with E-state index >= 15 is 0 Å². The van der Waals surface area contributed by atoms with E-state index in [0.717, 1.165) is 12.1 Å². The van der Waals surface area contributed by atoms with Crippen molar-refractivity contribution in [3.8, 4) is 5.75 Å². The maximum absolute atomic E-state index is 12.7. The zero-order chi connectivity index (χ0) is 16.2. The van der Waals surface area contributed by atoms with E-state index in [1.54, 1.807) is 24.3 Å². The summed E-state index contributed by atoms with van der Waals surface area (Å²) in [7, 11) is 1.49. The second-order valence-electron chi connectivity index (χ2n) is 4.35. The quantitative estimate of drug-likeness (QED) is 0.515. The standard InChI is InChI=1S/C15H13F3N2O2/c1-22-13-7-3-6-12(9-13)19-14(20-21)10-4-2-5-11(8-10)15(16,17)18/h2-9,21H,1H3,(H,19,20). The van der Waals surface area contributed by atoms with Crippen LogP contribution in [0.3, 0.4) is 0 Å². The normalized spacial score (nSPS) is 12.1. The van der Waals surface area contributed by atoms with Crippen LogP contribution < -0.4 is 10.2 Å². The van der Waals surface area contributed by atoms with Crippen LogP contribution in [-0.2, 0) is 6.18 Å². The predicted octanol–water partition coefficient (Wildman–Crippen LogP) is 3.77. The Morgan fingerprint density at radius 1 is 1.14 bits per heavy atom. The Hall–Kier alpha value is -2.54. The summed E-state index contributed by atoms with van der Waals surface area (Å²) >= 11 is 0. The molecule has 0 heterocycles. The molecule has 22 heavy (non-hydrogen) atoms. The van der Waals surface area contributed by atoms with E-state index in [-0.39, 0.29) is 11.4 Å². The predicted molar refractivity (Wildman–Crippen MR) is 75.6 cm³/mol. The molecule has 0 aromatic heterocycles. The average molecular weight is 310 g/mol. The largest absolute Gasteiger partial charge is 0.497 e. The van der Waals surface area contributed by atoms with Gasteiger partial charge >= 0.3 is 6.18 Å². The molecule has 0 saturated carbocycles. The molecule has 0 radical (unpaired) electrons. The molecule has 0 amide bonds. The Kier molecular flexibility index (Phi) is 4.67. The monoisotopic (exact) mass is 310 g/mol. The van der Waals surface area contributed by atoms with E-state index in [1.807, 2.05) is 5.48 Å². The maximum Gasteiger partial charge on any atom is 0.416 e. The van der Waals surface area contributed by atoms with Crippen LogP contribution in [0.4, 0.5) is 18.9 Å². The van der Waals surface area contributed by atoms with Gasteiger partial charge in [0.05, 0.1) is 18.4 Å². The van der Waals surface area contributed by atoms with Gasteiger partial charge in [0, 0.05) is 11.6 Å². The van der Waals surface area contributed by atoms with Crippen LogP contribution in [0.15, 0.2) is 53.5 Å². The Morgan fingerprint density at radius 2 is 1.86 bits per heavy atom. The molecular weight excluding hydrogens is 297 g/mol. The third-order valence-corrected chi connectivity index (χ3v) is 2.86. The van der Waals surface area contributed by atoms with Crippen LogP contribution in [0.25, 0.3) is 0 Å². The minimum absolute atomic E-state index is 0.0978. The number of ether oxygens (including phenoxy) is 1. The highest BCUT2D eigenvalue weighted by molar-refractivity contribution is 5.99. The Labute approximate surface area is 124 Å². The Morgan fingerprint density at radius 3 is 2.50 bits per heavy atom. The van der Waals surface area contributed by atoms with Crippen LogP contribution in [-0.4, -0.2) is 18.2 Å². The number of nitrogens with zero attached hydrogens (tertiary/aromatic N) is 1. The van der Waals surface area contributed by atoms with Crippen LogP contribution in [0.1, 0.15) is 11.1 Å². The van der Waals surface area contributed by atoms with Gasteiger partial charge in [0.1, 0.15) is 5.75 Å². The fourth-order valence-electron chi connectivity index (χ4n) is 1.81. The number of aliphatic imine (C=N–C) groups is 1. The van der Waals surface area contributed by atoms with Crippen LogP contribution in [0.2, 0.25) is 0 Å². The Bertz CT molecular complexity index is 684. The van der Waals surface area contributed by atoms with Crippen LogP contribution >= 0.6 is 0 Å². The van der Waals surface area contributed by atoms with E-state index in [0.29, 0.717) is 11.4 Å². The molecule has 0 atom stereocenters. The van der Waals surface area contributed by atoms with Gasteiger partial charge in [-0.2, -0.15) is 13.2 Å². The highest BCUT2D eigenvalue weighted by Crippen LogP contribution is 2.29. The summed E-state index contributed by atoms with van der Waals surface area (Å²) in [5.74, 6) is 0.446. The fraction of sp³-hybridized carbons (Fsp3) is 0.133. The molecule has 116 valence electrons. The number of halogens is 3. The summed E-state index contributed by atoms with van der Waals surface area (Å²) in [5.41, 5.74) is 1.54. The van der Waals surface area contributed by atoms with Crippen molar-refractivity contribution in [3.63, 3.8) is 0 Å². The molecule has 2 aromatic carbocycles.